The molecule has 0 aliphatic heterocycles. The second-order valence-corrected chi connectivity index (χ2v) is 5.72. The summed E-state index contributed by atoms with van der Waals surface area (Å²) in [6, 6.07) is 10.5. The summed E-state index contributed by atoms with van der Waals surface area (Å²) in [5, 5.41) is 3.18. The molecule has 1 amide bonds. The lowest BCUT2D eigenvalue weighted by Gasteiger charge is -2.08. The molecule has 0 unspecified atom stereocenters. The summed E-state index contributed by atoms with van der Waals surface area (Å²) in [6.07, 6.45) is 4.21. The lowest BCUT2D eigenvalue weighted by molar-refractivity contribution is -0.191. The first-order chi connectivity index (χ1) is 13.0. The average Bonchev–Trinajstić information content (AvgIpc) is 2.65. The van der Waals surface area contributed by atoms with E-state index in [0.29, 0.717) is 10.8 Å². The van der Waals surface area contributed by atoms with E-state index in [2.05, 4.69) is 15.3 Å². The lowest BCUT2D eigenvalue weighted by atomic mass is 10.1. The Bertz CT molecular complexity index is 988. The van der Waals surface area contributed by atoms with Crippen LogP contribution >= 0.6 is 11.6 Å². The Morgan fingerprint density at radius 3 is 2.52 bits per heavy atom. The molecule has 1 aromatic carbocycles. The van der Waals surface area contributed by atoms with Crippen molar-refractivity contribution in [1.82, 2.24) is 9.97 Å². The molecule has 27 heavy (non-hydrogen) atoms. The minimum atomic E-state index is -0.682. The number of nitrogens with zero attached hydrogens (tertiary/aromatic N) is 2. The van der Waals surface area contributed by atoms with Crippen molar-refractivity contribution in [3.05, 3.63) is 77.0 Å². The third kappa shape index (κ3) is 5.28. The molecule has 2 aromatic heterocycles. The molecule has 0 aliphatic rings. The van der Waals surface area contributed by atoms with E-state index in [1.807, 2.05) is 25.1 Å². The van der Waals surface area contributed by atoms with Gasteiger partial charge in [-0.2, -0.15) is 9.59 Å². The molecule has 1 N–H and O–H groups in total. The van der Waals surface area contributed by atoms with E-state index in [4.69, 9.17) is 21.2 Å². The van der Waals surface area contributed by atoms with Gasteiger partial charge >= 0.3 is 6.15 Å². The minimum absolute atomic E-state index is 0.0856. The number of rotatable bonds is 3. The SMILES string of the molecule is Cc1ccc(Cl)c(-c2ccc(NC(=O)c3ccncc3F)nc2)c1.O=C=O. The summed E-state index contributed by atoms with van der Waals surface area (Å²) in [7, 11) is 0. The van der Waals surface area contributed by atoms with Crippen LogP contribution in [-0.4, -0.2) is 22.0 Å². The molecule has 2 heterocycles. The molecule has 8 heteroatoms. The smallest absolute Gasteiger partial charge is 0.306 e. The number of hydrogen-bond donors (Lipinski definition) is 1. The van der Waals surface area contributed by atoms with Crippen LogP contribution in [0.3, 0.4) is 0 Å². The van der Waals surface area contributed by atoms with Gasteiger partial charge in [0.25, 0.3) is 5.91 Å². The first-order valence-electron chi connectivity index (χ1n) is 7.59. The van der Waals surface area contributed by atoms with Crippen LogP contribution in [0.5, 0.6) is 0 Å². The van der Waals surface area contributed by atoms with Crippen LogP contribution in [0, 0.1) is 12.7 Å². The highest BCUT2D eigenvalue weighted by Crippen LogP contribution is 2.28. The van der Waals surface area contributed by atoms with E-state index < -0.39 is 11.7 Å². The summed E-state index contributed by atoms with van der Waals surface area (Å²) >= 11 is 6.21. The van der Waals surface area contributed by atoms with E-state index in [0.717, 1.165) is 22.9 Å². The second-order valence-electron chi connectivity index (χ2n) is 5.31. The van der Waals surface area contributed by atoms with Gasteiger partial charge in [0, 0.05) is 28.5 Å². The number of aromatic nitrogens is 2. The fraction of sp³-hybridized carbons (Fsp3) is 0.0526. The highest BCUT2D eigenvalue weighted by atomic mass is 35.5. The van der Waals surface area contributed by atoms with Crippen LogP contribution < -0.4 is 5.32 Å². The molecule has 3 aromatic rings. The fourth-order valence-electron chi connectivity index (χ4n) is 2.23. The summed E-state index contributed by atoms with van der Waals surface area (Å²) in [4.78, 5) is 36.1. The normalized spacial score (nSPS) is 9.59. The van der Waals surface area contributed by atoms with Gasteiger partial charge in [0.15, 0.2) is 5.82 Å². The van der Waals surface area contributed by atoms with Gasteiger partial charge in [-0.15, -0.1) is 0 Å². The van der Waals surface area contributed by atoms with Crippen LogP contribution in [0.25, 0.3) is 11.1 Å². The van der Waals surface area contributed by atoms with Crippen LogP contribution in [-0.2, 0) is 9.59 Å². The third-order valence-electron chi connectivity index (χ3n) is 3.46. The Labute approximate surface area is 159 Å². The first kappa shape index (κ1) is 19.9. The molecule has 0 spiro atoms. The summed E-state index contributed by atoms with van der Waals surface area (Å²) in [5.74, 6) is -0.939. The number of anilines is 1. The highest BCUT2D eigenvalue weighted by Gasteiger charge is 2.12. The van der Waals surface area contributed by atoms with E-state index >= 15 is 0 Å². The van der Waals surface area contributed by atoms with Crippen molar-refractivity contribution in [1.29, 1.82) is 0 Å². The molecule has 136 valence electrons. The zero-order valence-corrected chi connectivity index (χ0v) is 14.8. The number of carbonyl (C=O) groups excluding carboxylic acids is 3. The van der Waals surface area contributed by atoms with Crippen LogP contribution in [0.4, 0.5) is 10.2 Å². The lowest BCUT2D eigenvalue weighted by Crippen LogP contribution is -2.14. The van der Waals surface area contributed by atoms with Crippen molar-refractivity contribution in [2.24, 2.45) is 0 Å². The molecular weight excluding hydrogens is 373 g/mol. The third-order valence-corrected chi connectivity index (χ3v) is 3.78. The molecule has 0 saturated heterocycles. The number of pyridine rings is 2. The summed E-state index contributed by atoms with van der Waals surface area (Å²) in [5.41, 5.74) is 2.69. The van der Waals surface area contributed by atoms with Gasteiger partial charge < -0.3 is 5.32 Å². The van der Waals surface area contributed by atoms with Crippen molar-refractivity contribution in [3.63, 3.8) is 0 Å². The van der Waals surface area contributed by atoms with Gasteiger partial charge in [0.1, 0.15) is 5.82 Å². The van der Waals surface area contributed by atoms with Gasteiger partial charge in [-0.25, -0.2) is 9.37 Å². The van der Waals surface area contributed by atoms with Crippen LogP contribution in [0.15, 0.2) is 55.0 Å². The number of halogens is 2. The molecule has 0 radical (unpaired) electrons. The molecule has 0 saturated carbocycles. The van der Waals surface area contributed by atoms with E-state index in [1.165, 1.54) is 12.3 Å². The molecule has 0 fully saturated rings. The van der Waals surface area contributed by atoms with Crippen molar-refractivity contribution < 1.29 is 18.8 Å². The standard InChI is InChI=1S/C18H13ClFN3O.CO2/c1-11-2-4-15(19)14(8-11)12-3-5-17(22-9-12)23-18(24)13-6-7-21-10-16(13)20;2-1-3/h2-10H,1H3,(H,22,23,24);. The maximum Gasteiger partial charge on any atom is 0.373 e. The van der Waals surface area contributed by atoms with Gasteiger partial charge in [0.2, 0.25) is 0 Å². The first-order valence-corrected chi connectivity index (χ1v) is 7.96. The zero-order chi connectivity index (χ0) is 19.8. The Kier molecular flexibility index (Phi) is 6.88. The molecular formula is C19H13ClFN3O3. The highest BCUT2D eigenvalue weighted by molar-refractivity contribution is 6.33. The molecule has 0 bridgehead atoms. The minimum Gasteiger partial charge on any atom is -0.306 e. The quantitative estimate of drug-likeness (QED) is 0.738. The fourth-order valence-corrected chi connectivity index (χ4v) is 2.46. The van der Waals surface area contributed by atoms with Gasteiger partial charge in [-0.3, -0.25) is 9.78 Å². The van der Waals surface area contributed by atoms with Crippen LogP contribution in [0.1, 0.15) is 15.9 Å². The summed E-state index contributed by atoms with van der Waals surface area (Å²) < 4.78 is 13.6. The van der Waals surface area contributed by atoms with Gasteiger partial charge in [0.05, 0.1) is 11.8 Å². The van der Waals surface area contributed by atoms with Crippen molar-refractivity contribution >= 4 is 29.5 Å². The molecule has 3 rings (SSSR count). The molecule has 0 atom stereocenters. The Morgan fingerprint density at radius 1 is 1.15 bits per heavy atom. The van der Waals surface area contributed by atoms with Crippen molar-refractivity contribution in [2.75, 3.05) is 5.32 Å². The Hall–Kier alpha value is -3.41. The zero-order valence-electron chi connectivity index (χ0n) is 14.1. The topological polar surface area (TPSA) is 89.0 Å². The molecule has 6 nitrogen and oxygen atoms in total. The maximum atomic E-state index is 13.6. The molecule has 0 aliphatic carbocycles. The van der Waals surface area contributed by atoms with E-state index in [-0.39, 0.29) is 11.7 Å². The Morgan fingerprint density at radius 2 is 1.89 bits per heavy atom. The monoisotopic (exact) mass is 385 g/mol. The van der Waals surface area contributed by atoms with Crippen molar-refractivity contribution in [2.45, 2.75) is 6.92 Å². The Balaban J connectivity index is 0.000000817. The number of benzene rings is 1. The largest absolute Gasteiger partial charge is 0.373 e. The predicted octanol–water partition coefficient (Wildman–Crippen LogP) is 3.91. The summed E-state index contributed by atoms with van der Waals surface area (Å²) in [6.45, 7) is 1.98. The van der Waals surface area contributed by atoms with Gasteiger partial charge in [-0.1, -0.05) is 23.2 Å². The second kappa shape index (κ2) is 9.33. The predicted molar refractivity (Wildman–Crippen MR) is 96.6 cm³/mol. The number of carbonyl (C=O) groups is 1. The number of aryl methyl sites for hydroxylation is 1. The maximum absolute atomic E-state index is 13.6. The average molecular weight is 386 g/mol. The van der Waals surface area contributed by atoms with Crippen molar-refractivity contribution in [3.8, 4) is 11.1 Å². The van der Waals surface area contributed by atoms with E-state index in [1.54, 1.807) is 18.3 Å². The van der Waals surface area contributed by atoms with E-state index in [9.17, 15) is 9.18 Å². The van der Waals surface area contributed by atoms with Crippen LogP contribution in [0.2, 0.25) is 5.02 Å². The number of nitrogens with one attached hydrogen (secondary N) is 1. The number of hydrogen-bond acceptors (Lipinski definition) is 5. The van der Waals surface area contributed by atoms with Gasteiger partial charge in [-0.05, 0) is 37.3 Å². The number of amides is 1.